The summed E-state index contributed by atoms with van der Waals surface area (Å²) >= 11 is 0. The molecule has 23 heavy (non-hydrogen) atoms. The second kappa shape index (κ2) is 6.76. The Bertz CT molecular complexity index is 658. The van der Waals surface area contributed by atoms with E-state index in [2.05, 4.69) is 10.3 Å². The minimum atomic E-state index is -4.32. The molecule has 124 valence electrons. The predicted octanol–water partition coefficient (Wildman–Crippen LogP) is 3.95. The van der Waals surface area contributed by atoms with E-state index in [4.69, 9.17) is 5.73 Å². The summed E-state index contributed by atoms with van der Waals surface area (Å²) in [6.45, 7) is 0.291. The van der Waals surface area contributed by atoms with E-state index in [0.717, 1.165) is 24.1 Å². The molecule has 3 rings (SSSR count). The lowest BCUT2D eigenvalue weighted by atomic mass is 10.1. The van der Waals surface area contributed by atoms with E-state index < -0.39 is 11.7 Å². The summed E-state index contributed by atoms with van der Waals surface area (Å²) in [4.78, 5) is 4.27. The largest absolute Gasteiger partial charge is 0.416 e. The van der Waals surface area contributed by atoms with Gasteiger partial charge < -0.3 is 11.1 Å². The van der Waals surface area contributed by atoms with Gasteiger partial charge in [0, 0.05) is 24.7 Å². The highest BCUT2D eigenvalue weighted by atomic mass is 35.5. The summed E-state index contributed by atoms with van der Waals surface area (Å²) in [6, 6.07) is 9.28. The number of hydrogen-bond donors (Lipinski definition) is 2. The molecular weight excluding hydrogens is 327 g/mol. The van der Waals surface area contributed by atoms with E-state index in [1.807, 2.05) is 12.1 Å². The van der Waals surface area contributed by atoms with Crippen LogP contribution in [0.4, 0.5) is 19.0 Å². The van der Waals surface area contributed by atoms with Gasteiger partial charge in [-0.1, -0.05) is 18.2 Å². The second-order valence-electron chi connectivity index (χ2n) is 5.53. The van der Waals surface area contributed by atoms with Gasteiger partial charge in [0.25, 0.3) is 0 Å². The molecule has 0 radical (unpaired) electrons. The molecule has 3 nitrogen and oxygen atoms in total. The van der Waals surface area contributed by atoms with E-state index in [1.165, 1.54) is 6.07 Å². The standard InChI is InChI=1S/C16H16F3N3.ClH/c17-16(18,19)12-3-1-2-10(6-12)8-21-15-5-4-11(9-22-15)13-7-14(13)20;/h1-6,9,13-14H,7-8,20H2,(H,21,22);1H/t13-,14+;/m1./s1. The van der Waals surface area contributed by atoms with Gasteiger partial charge in [0.05, 0.1) is 5.56 Å². The van der Waals surface area contributed by atoms with E-state index in [1.54, 1.807) is 12.3 Å². The summed E-state index contributed by atoms with van der Waals surface area (Å²) in [6.07, 6.45) is -1.57. The first-order chi connectivity index (χ1) is 10.4. The smallest absolute Gasteiger partial charge is 0.366 e. The van der Waals surface area contributed by atoms with Crippen LogP contribution in [0.1, 0.15) is 29.0 Å². The fourth-order valence-electron chi connectivity index (χ4n) is 2.38. The van der Waals surface area contributed by atoms with Crippen molar-refractivity contribution in [2.75, 3.05) is 5.32 Å². The Morgan fingerprint density at radius 2 is 1.96 bits per heavy atom. The number of nitrogens with zero attached hydrogens (tertiary/aromatic N) is 1. The highest BCUT2D eigenvalue weighted by Crippen LogP contribution is 2.38. The molecule has 1 heterocycles. The van der Waals surface area contributed by atoms with Gasteiger partial charge in [-0.25, -0.2) is 4.98 Å². The SMILES string of the molecule is Cl.N[C@H]1C[C@@H]1c1ccc(NCc2cccc(C(F)(F)F)c2)nc1. The van der Waals surface area contributed by atoms with Crippen molar-refractivity contribution in [3.05, 3.63) is 59.3 Å². The Morgan fingerprint density at radius 3 is 2.52 bits per heavy atom. The Balaban J connectivity index is 0.00000192. The van der Waals surface area contributed by atoms with Crippen molar-refractivity contribution in [1.82, 2.24) is 4.98 Å². The number of pyridine rings is 1. The van der Waals surface area contributed by atoms with E-state index in [-0.39, 0.29) is 18.4 Å². The van der Waals surface area contributed by atoms with Crippen LogP contribution in [0.25, 0.3) is 0 Å². The number of alkyl halides is 3. The number of halogens is 4. The van der Waals surface area contributed by atoms with Crippen molar-refractivity contribution < 1.29 is 13.2 Å². The van der Waals surface area contributed by atoms with Crippen molar-refractivity contribution in [1.29, 1.82) is 0 Å². The highest BCUT2D eigenvalue weighted by Gasteiger charge is 2.34. The molecule has 0 unspecified atom stereocenters. The van der Waals surface area contributed by atoms with Crippen LogP contribution in [0, 0.1) is 0 Å². The van der Waals surface area contributed by atoms with Crippen molar-refractivity contribution in [2.24, 2.45) is 5.73 Å². The predicted molar refractivity (Wildman–Crippen MR) is 85.6 cm³/mol. The number of nitrogens with two attached hydrogens (primary N) is 1. The Kier molecular flexibility index (Phi) is 5.16. The van der Waals surface area contributed by atoms with E-state index >= 15 is 0 Å². The van der Waals surface area contributed by atoms with Crippen molar-refractivity contribution in [3.63, 3.8) is 0 Å². The monoisotopic (exact) mass is 343 g/mol. The van der Waals surface area contributed by atoms with Crippen LogP contribution < -0.4 is 11.1 Å². The van der Waals surface area contributed by atoms with Gasteiger partial charge in [-0.05, 0) is 35.7 Å². The first-order valence-corrected chi connectivity index (χ1v) is 7.05. The molecule has 0 bridgehead atoms. The molecule has 1 aliphatic rings. The third-order valence-corrected chi connectivity index (χ3v) is 3.78. The molecule has 2 aromatic rings. The molecule has 1 aromatic carbocycles. The van der Waals surface area contributed by atoms with Crippen LogP contribution in [0.5, 0.6) is 0 Å². The molecule has 7 heteroatoms. The highest BCUT2D eigenvalue weighted by molar-refractivity contribution is 5.85. The van der Waals surface area contributed by atoms with Crippen molar-refractivity contribution in [2.45, 2.75) is 31.1 Å². The number of anilines is 1. The maximum atomic E-state index is 12.6. The Labute approximate surface area is 138 Å². The van der Waals surface area contributed by atoms with Crippen LogP contribution in [0.3, 0.4) is 0 Å². The van der Waals surface area contributed by atoms with Gasteiger partial charge in [0.15, 0.2) is 0 Å². The number of nitrogens with one attached hydrogen (secondary N) is 1. The fraction of sp³-hybridized carbons (Fsp3) is 0.312. The summed E-state index contributed by atoms with van der Waals surface area (Å²) < 4.78 is 37.9. The Hall–Kier alpha value is -1.79. The van der Waals surface area contributed by atoms with Gasteiger partial charge in [0.2, 0.25) is 0 Å². The van der Waals surface area contributed by atoms with Crippen LogP contribution in [0.15, 0.2) is 42.6 Å². The minimum absolute atomic E-state index is 0. The maximum Gasteiger partial charge on any atom is 0.416 e. The number of aromatic nitrogens is 1. The van der Waals surface area contributed by atoms with Gasteiger partial charge in [-0.2, -0.15) is 13.2 Å². The third kappa shape index (κ3) is 4.36. The molecule has 3 N–H and O–H groups in total. The van der Waals surface area contributed by atoms with Crippen molar-refractivity contribution in [3.8, 4) is 0 Å². The summed E-state index contributed by atoms with van der Waals surface area (Å²) in [7, 11) is 0. The maximum absolute atomic E-state index is 12.6. The number of benzene rings is 1. The van der Waals surface area contributed by atoms with Gasteiger partial charge in [-0.3, -0.25) is 0 Å². The topological polar surface area (TPSA) is 50.9 Å². The normalized spacial score (nSPS) is 19.8. The van der Waals surface area contributed by atoms with Gasteiger partial charge in [0.1, 0.15) is 5.82 Å². The first-order valence-electron chi connectivity index (χ1n) is 7.05. The average molecular weight is 344 g/mol. The van der Waals surface area contributed by atoms with Gasteiger partial charge in [-0.15, -0.1) is 12.4 Å². The lowest BCUT2D eigenvalue weighted by Crippen LogP contribution is -2.07. The molecule has 0 aliphatic heterocycles. The van der Waals surface area contributed by atoms with Crippen LogP contribution in [-0.2, 0) is 12.7 Å². The van der Waals surface area contributed by atoms with Crippen LogP contribution >= 0.6 is 12.4 Å². The molecule has 0 saturated heterocycles. The zero-order valence-corrected chi connectivity index (χ0v) is 13.0. The zero-order chi connectivity index (χ0) is 15.7. The zero-order valence-electron chi connectivity index (χ0n) is 12.2. The summed E-state index contributed by atoms with van der Waals surface area (Å²) in [5.41, 5.74) is 6.81. The van der Waals surface area contributed by atoms with Gasteiger partial charge >= 0.3 is 6.18 Å². The second-order valence-corrected chi connectivity index (χ2v) is 5.53. The molecular formula is C16H17ClF3N3. The molecule has 2 atom stereocenters. The molecule has 1 saturated carbocycles. The summed E-state index contributed by atoms with van der Waals surface area (Å²) in [5, 5.41) is 3.03. The average Bonchev–Trinajstić information content (AvgIpc) is 3.22. The number of hydrogen-bond acceptors (Lipinski definition) is 3. The molecule has 1 fully saturated rings. The molecule has 0 amide bonds. The third-order valence-electron chi connectivity index (χ3n) is 3.78. The first kappa shape index (κ1) is 17.6. The molecule has 0 spiro atoms. The van der Waals surface area contributed by atoms with Crippen molar-refractivity contribution >= 4 is 18.2 Å². The minimum Gasteiger partial charge on any atom is -0.366 e. The number of rotatable bonds is 4. The quantitative estimate of drug-likeness (QED) is 0.883. The Morgan fingerprint density at radius 1 is 1.22 bits per heavy atom. The van der Waals surface area contributed by atoms with E-state index in [0.29, 0.717) is 23.8 Å². The summed E-state index contributed by atoms with van der Waals surface area (Å²) in [5.74, 6) is 1.03. The molecule has 1 aliphatic carbocycles. The lowest BCUT2D eigenvalue weighted by molar-refractivity contribution is -0.137. The fourth-order valence-corrected chi connectivity index (χ4v) is 2.38. The lowest BCUT2D eigenvalue weighted by Gasteiger charge is -2.10. The van der Waals surface area contributed by atoms with Crippen LogP contribution in [-0.4, -0.2) is 11.0 Å². The van der Waals surface area contributed by atoms with Crippen LogP contribution in [0.2, 0.25) is 0 Å². The molecule has 1 aromatic heterocycles. The van der Waals surface area contributed by atoms with E-state index in [9.17, 15) is 13.2 Å².